The normalized spacial score (nSPS) is 10.4. The molecule has 2 aromatic rings. The predicted octanol–water partition coefficient (Wildman–Crippen LogP) is 4.30. The van der Waals surface area contributed by atoms with Gasteiger partial charge in [0.2, 0.25) is 5.88 Å². The standard InChI is InChI=1S/C12H10BrClN2O/c1-7-5-9(13)3-4-10(7)17-12-6-11(14)15-8(2)16-12/h3-6H,1-2H3. The number of benzene rings is 1. The lowest BCUT2D eigenvalue weighted by molar-refractivity contribution is 0.456. The maximum absolute atomic E-state index is 5.84. The summed E-state index contributed by atoms with van der Waals surface area (Å²) in [5.41, 5.74) is 1.02. The summed E-state index contributed by atoms with van der Waals surface area (Å²) >= 11 is 9.25. The highest BCUT2D eigenvalue weighted by atomic mass is 79.9. The Morgan fingerprint density at radius 3 is 2.59 bits per heavy atom. The molecule has 0 radical (unpaired) electrons. The van der Waals surface area contributed by atoms with Gasteiger partial charge >= 0.3 is 0 Å². The summed E-state index contributed by atoms with van der Waals surface area (Å²) in [7, 11) is 0. The lowest BCUT2D eigenvalue weighted by Crippen LogP contribution is -1.94. The van der Waals surface area contributed by atoms with Crippen LogP contribution in [0.4, 0.5) is 0 Å². The van der Waals surface area contributed by atoms with E-state index < -0.39 is 0 Å². The smallest absolute Gasteiger partial charge is 0.224 e. The highest BCUT2D eigenvalue weighted by molar-refractivity contribution is 9.10. The largest absolute Gasteiger partial charge is 0.439 e. The molecule has 2 rings (SSSR count). The van der Waals surface area contributed by atoms with E-state index in [-0.39, 0.29) is 0 Å². The van der Waals surface area contributed by atoms with Gasteiger partial charge in [-0.3, -0.25) is 0 Å². The number of hydrogen-bond donors (Lipinski definition) is 0. The fourth-order valence-electron chi connectivity index (χ4n) is 1.40. The molecule has 0 saturated carbocycles. The van der Waals surface area contributed by atoms with Crippen molar-refractivity contribution in [2.45, 2.75) is 13.8 Å². The van der Waals surface area contributed by atoms with Crippen LogP contribution in [0, 0.1) is 13.8 Å². The molecule has 0 aliphatic heterocycles. The first-order valence-corrected chi connectivity index (χ1v) is 6.17. The Morgan fingerprint density at radius 2 is 1.94 bits per heavy atom. The number of halogens is 2. The van der Waals surface area contributed by atoms with Crippen LogP contribution in [0.2, 0.25) is 5.15 Å². The van der Waals surface area contributed by atoms with E-state index in [4.69, 9.17) is 16.3 Å². The van der Waals surface area contributed by atoms with E-state index in [0.29, 0.717) is 16.9 Å². The second kappa shape index (κ2) is 5.02. The van der Waals surface area contributed by atoms with Crippen molar-refractivity contribution in [1.82, 2.24) is 9.97 Å². The molecular weight excluding hydrogens is 304 g/mol. The zero-order chi connectivity index (χ0) is 12.4. The SMILES string of the molecule is Cc1nc(Cl)cc(Oc2ccc(Br)cc2C)n1. The zero-order valence-electron chi connectivity index (χ0n) is 9.37. The molecule has 0 atom stereocenters. The van der Waals surface area contributed by atoms with Crippen molar-refractivity contribution in [2.75, 3.05) is 0 Å². The summed E-state index contributed by atoms with van der Waals surface area (Å²) in [6.07, 6.45) is 0. The second-order valence-electron chi connectivity index (χ2n) is 3.59. The van der Waals surface area contributed by atoms with Gasteiger partial charge in [-0.1, -0.05) is 27.5 Å². The number of aromatic nitrogens is 2. The van der Waals surface area contributed by atoms with Gasteiger partial charge in [0.05, 0.1) is 0 Å². The van der Waals surface area contributed by atoms with Gasteiger partial charge in [0.1, 0.15) is 16.7 Å². The van der Waals surface area contributed by atoms with Gasteiger partial charge in [-0.25, -0.2) is 4.98 Å². The van der Waals surface area contributed by atoms with E-state index in [2.05, 4.69) is 25.9 Å². The lowest BCUT2D eigenvalue weighted by atomic mass is 10.2. The molecule has 88 valence electrons. The molecule has 0 N–H and O–H groups in total. The third-order valence-corrected chi connectivity index (χ3v) is 2.82. The zero-order valence-corrected chi connectivity index (χ0v) is 11.7. The van der Waals surface area contributed by atoms with Gasteiger partial charge in [-0.2, -0.15) is 4.98 Å². The van der Waals surface area contributed by atoms with Crippen LogP contribution in [0.3, 0.4) is 0 Å². The Balaban J connectivity index is 2.31. The Morgan fingerprint density at radius 1 is 1.18 bits per heavy atom. The van der Waals surface area contributed by atoms with Gasteiger partial charge in [-0.15, -0.1) is 0 Å². The van der Waals surface area contributed by atoms with E-state index in [1.165, 1.54) is 0 Å². The molecule has 0 bridgehead atoms. The minimum absolute atomic E-state index is 0.377. The monoisotopic (exact) mass is 312 g/mol. The first kappa shape index (κ1) is 12.3. The summed E-state index contributed by atoms with van der Waals surface area (Å²) in [5.74, 6) is 1.79. The van der Waals surface area contributed by atoms with E-state index >= 15 is 0 Å². The summed E-state index contributed by atoms with van der Waals surface area (Å²) in [5, 5.41) is 0.377. The van der Waals surface area contributed by atoms with Crippen molar-refractivity contribution in [3.05, 3.63) is 45.3 Å². The van der Waals surface area contributed by atoms with Crippen molar-refractivity contribution >= 4 is 27.5 Å². The fourth-order valence-corrected chi connectivity index (χ4v) is 2.09. The summed E-state index contributed by atoms with van der Waals surface area (Å²) in [6.45, 7) is 3.74. The second-order valence-corrected chi connectivity index (χ2v) is 4.89. The van der Waals surface area contributed by atoms with Gasteiger partial charge in [0.15, 0.2) is 0 Å². The lowest BCUT2D eigenvalue weighted by Gasteiger charge is -2.08. The summed E-state index contributed by atoms with van der Waals surface area (Å²) in [4.78, 5) is 8.14. The molecule has 0 aliphatic rings. The average Bonchev–Trinajstić information content (AvgIpc) is 2.21. The molecule has 0 aliphatic carbocycles. The first-order chi connectivity index (χ1) is 8.04. The molecule has 5 heteroatoms. The Bertz CT molecular complexity index is 540. The molecule has 17 heavy (non-hydrogen) atoms. The van der Waals surface area contributed by atoms with Crippen LogP contribution in [0.5, 0.6) is 11.6 Å². The quantitative estimate of drug-likeness (QED) is 0.775. The molecule has 0 saturated heterocycles. The van der Waals surface area contributed by atoms with Crippen LogP contribution in [0.25, 0.3) is 0 Å². The van der Waals surface area contributed by atoms with E-state index in [9.17, 15) is 0 Å². The fraction of sp³-hybridized carbons (Fsp3) is 0.167. The van der Waals surface area contributed by atoms with E-state index in [1.807, 2.05) is 25.1 Å². The minimum atomic E-state index is 0.377. The van der Waals surface area contributed by atoms with Gasteiger partial charge in [-0.05, 0) is 37.6 Å². The van der Waals surface area contributed by atoms with Crippen molar-refractivity contribution in [1.29, 1.82) is 0 Å². The van der Waals surface area contributed by atoms with Crippen molar-refractivity contribution in [3.8, 4) is 11.6 Å². The highest BCUT2D eigenvalue weighted by Crippen LogP contribution is 2.27. The molecule has 3 nitrogen and oxygen atoms in total. The van der Waals surface area contributed by atoms with E-state index in [0.717, 1.165) is 15.8 Å². The Hall–Kier alpha value is -1.13. The topological polar surface area (TPSA) is 35.0 Å². The summed E-state index contributed by atoms with van der Waals surface area (Å²) < 4.78 is 6.68. The molecule has 1 aromatic carbocycles. The molecule has 0 amide bonds. The van der Waals surface area contributed by atoms with Crippen LogP contribution in [0.15, 0.2) is 28.7 Å². The van der Waals surface area contributed by atoms with Crippen molar-refractivity contribution in [3.63, 3.8) is 0 Å². The van der Waals surface area contributed by atoms with Crippen LogP contribution in [0.1, 0.15) is 11.4 Å². The number of aryl methyl sites for hydroxylation is 2. The average molecular weight is 314 g/mol. The molecule has 0 fully saturated rings. The maximum Gasteiger partial charge on any atom is 0.224 e. The van der Waals surface area contributed by atoms with Crippen LogP contribution in [-0.4, -0.2) is 9.97 Å². The van der Waals surface area contributed by atoms with Gasteiger partial charge in [0, 0.05) is 10.5 Å². The van der Waals surface area contributed by atoms with Crippen molar-refractivity contribution in [2.24, 2.45) is 0 Å². The Kier molecular flexibility index (Phi) is 3.64. The molecule has 0 unspecified atom stereocenters. The van der Waals surface area contributed by atoms with Crippen LogP contribution < -0.4 is 4.74 Å². The third-order valence-electron chi connectivity index (χ3n) is 2.13. The van der Waals surface area contributed by atoms with Crippen LogP contribution >= 0.6 is 27.5 Å². The third kappa shape index (κ3) is 3.17. The number of nitrogens with zero attached hydrogens (tertiary/aromatic N) is 2. The first-order valence-electron chi connectivity index (χ1n) is 5.00. The highest BCUT2D eigenvalue weighted by Gasteiger charge is 2.05. The molecule has 0 spiro atoms. The number of hydrogen-bond acceptors (Lipinski definition) is 3. The number of rotatable bonds is 2. The summed E-state index contributed by atoms with van der Waals surface area (Å²) in [6, 6.07) is 7.36. The van der Waals surface area contributed by atoms with E-state index in [1.54, 1.807) is 13.0 Å². The van der Waals surface area contributed by atoms with Gasteiger partial charge < -0.3 is 4.74 Å². The minimum Gasteiger partial charge on any atom is -0.439 e. The molecule has 1 aromatic heterocycles. The maximum atomic E-state index is 5.84. The van der Waals surface area contributed by atoms with Gasteiger partial charge in [0.25, 0.3) is 0 Å². The predicted molar refractivity (Wildman–Crippen MR) is 70.7 cm³/mol. The molecule has 1 heterocycles. The van der Waals surface area contributed by atoms with Crippen LogP contribution in [-0.2, 0) is 0 Å². The van der Waals surface area contributed by atoms with Crippen molar-refractivity contribution < 1.29 is 4.74 Å². The number of ether oxygens (including phenoxy) is 1. The molecular formula is C12H10BrClN2O. The Labute approximate surface area is 113 Å².